The van der Waals surface area contributed by atoms with E-state index in [1.54, 1.807) is 0 Å². The Balaban J connectivity index is 2.14. The van der Waals surface area contributed by atoms with Crippen molar-refractivity contribution >= 4 is 21.9 Å². The molecule has 3 heteroatoms. The second-order valence-electron chi connectivity index (χ2n) is 3.26. The van der Waals surface area contributed by atoms with E-state index in [1.807, 2.05) is 0 Å². The minimum absolute atomic E-state index is 0.0517. The first-order valence-electron chi connectivity index (χ1n) is 4.58. The summed E-state index contributed by atoms with van der Waals surface area (Å²) < 4.78 is 5.13. The first kappa shape index (κ1) is 10.0. The summed E-state index contributed by atoms with van der Waals surface area (Å²) in [6, 6.07) is 0. The summed E-state index contributed by atoms with van der Waals surface area (Å²) in [4.78, 5) is 10.9. The summed E-state index contributed by atoms with van der Waals surface area (Å²) in [5.74, 6) is -0.0866. The minimum Gasteiger partial charge on any atom is -0.461 e. The molecule has 12 heavy (non-hydrogen) atoms. The van der Waals surface area contributed by atoms with Gasteiger partial charge >= 0.3 is 5.97 Å². The Morgan fingerprint density at radius 1 is 1.58 bits per heavy atom. The molecule has 1 aliphatic rings. The van der Waals surface area contributed by atoms with Gasteiger partial charge in [-0.2, -0.15) is 0 Å². The Bertz CT molecular complexity index is 159. The summed E-state index contributed by atoms with van der Waals surface area (Å²) in [6.45, 7) is 2.17. The van der Waals surface area contributed by atoms with Crippen LogP contribution in [0, 0.1) is 0 Å². The standard InChI is InChI=1S/C9H15BrO2/c1-2-3-4-5-7-6-8(10)9(11)12-7/h7-8H,2-6H2,1H3. The maximum Gasteiger partial charge on any atom is 0.320 e. The van der Waals surface area contributed by atoms with Gasteiger partial charge in [0, 0.05) is 6.42 Å². The number of ether oxygens (including phenoxy) is 1. The Labute approximate surface area is 81.8 Å². The number of hydrogen-bond acceptors (Lipinski definition) is 2. The van der Waals surface area contributed by atoms with Crippen LogP contribution in [0.5, 0.6) is 0 Å². The Kier molecular flexibility index (Phi) is 4.06. The SMILES string of the molecule is CCCCCC1CC(Br)C(=O)O1. The number of unbranched alkanes of at least 4 members (excludes halogenated alkanes) is 2. The van der Waals surface area contributed by atoms with Crippen LogP contribution in [0.4, 0.5) is 0 Å². The van der Waals surface area contributed by atoms with Crippen LogP contribution < -0.4 is 0 Å². The van der Waals surface area contributed by atoms with Gasteiger partial charge in [-0.3, -0.25) is 4.79 Å². The van der Waals surface area contributed by atoms with Gasteiger partial charge in [0.2, 0.25) is 0 Å². The quantitative estimate of drug-likeness (QED) is 0.425. The highest BCUT2D eigenvalue weighted by atomic mass is 79.9. The molecule has 0 aromatic carbocycles. The number of carbonyl (C=O) groups is 1. The van der Waals surface area contributed by atoms with Crippen molar-refractivity contribution in [1.29, 1.82) is 0 Å². The predicted molar refractivity (Wildman–Crippen MR) is 51.4 cm³/mol. The molecule has 70 valence electrons. The molecule has 0 amide bonds. The molecule has 0 saturated carbocycles. The van der Waals surface area contributed by atoms with Crippen molar-refractivity contribution in [2.24, 2.45) is 0 Å². The van der Waals surface area contributed by atoms with E-state index in [9.17, 15) is 4.79 Å². The Hall–Kier alpha value is -0.0500. The van der Waals surface area contributed by atoms with Crippen LogP contribution in [0.15, 0.2) is 0 Å². The van der Waals surface area contributed by atoms with Crippen molar-refractivity contribution in [2.75, 3.05) is 0 Å². The van der Waals surface area contributed by atoms with Crippen molar-refractivity contribution in [2.45, 2.75) is 50.0 Å². The molecule has 0 radical (unpaired) electrons. The maximum atomic E-state index is 10.9. The zero-order valence-corrected chi connectivity index (χ0v) is 8.97. The summed E-state index contributed by atoms with van der Waals surface area (Å²) in [5, 5.41) is 0. The summed E-state index contributed by atoms with van der Waals surface area (Å²) >= 11 is 3.28. The van der Waals surface area contributed by atoms with Gasteiger partial charge in [-0.15, -0.1) is 0 Å². The fourth-order valence-corrected chi connectivity index (χ4v) is 1.94. The third kappa shape index (κ3) is 2.77. The van der Waals surface area contributed by atoms with Crippen LogP contribution in [0.1, 0.15) is 39.0 Å². The molecule has 0 aliphatic carbocycles. The largest absolute Gasteiger partial charge is 0.461 e. The molecule has 0 aromatic rings. The summed E-state index contributed by atoms with van der Waals surface area (Å²) in [7, 11) is 0. The molecule has 1 saturated heterocycles. The third-order valence-electron chi connectivity index (χ3n) is 2.14. The number of rotatable bonds is 4. The molecule has 0 aromatic heterocycles. The van der Waals surface area contributed by atoms with Gasteiger partial charge in [-0.05, 0) is 12.8 Å². The molecule has 1 aliphatic heterocycles. The van der Waals surface area contributed by atoms with Gasteiger partial charge in [-0.1, -0.05) is 35.7 Å². The maximum absolute atomic E-state index is 10.9. The van der Waals surface area contributed by atoms with Crippen LogP contribution in [0.2, 0.25) is 0 Å². The summed E-state index contributed by atoms with van der Waals surface area (Å²) in [5.41, 5.74) is 0. The molecule has 2 nitrogen and oxygen atoms in total. The second kappa shape index (κ2) is 4.85. The number of esters is 1. The van der Waals surface area contributed by atoms with Crippen LogP contribution in [-0.4, -0.2) is 16.9 Å². The van der Waals surface area contributed by atoms with Gasteiger partial charge < -0.3 is 4.74 Å². The van der Waals surface area contributed by atoms with Crippen molar-refractivity contribution in [1.82, 2.24) is 0 Å². The average Bonchev–Trinajstić information content (AvgIpc) is 2.32. The number of halogens is 1. The normalized spacial score (nSPS) is 29.0. The number of carbonyl (C=O) groups excluding carboxylic acids is 1. The zero-order valence-electron chi connectivity index (χ0n) is 7.38. The first-order chi connectivity index (χ1) is 5.74. The van der Waals surface area contributed by atoms with Crippen molar-refractivity contribution in [3.8, 4) is 0 Å². The Morgan fingerprint density at radius 2 is 2.33 bits per heavy atom. The lowest BCUT2D eigenvalue weighted by Gasteiger charge is -2.06. The van der Waals surface area contributed by atoms with Gasteiger partial charge in [0.1, 0.15) is 10.9 Å². The molecule has 0 spiro atoms. The molecule has 1 rings (SSSR count). The smallest absolute Gasteiger partial charge is 0.320 e. The zero-order chi connectivity index (χ0) is 8.97. The van der Waals surface area contributed by atoms with Crippen LogP contribution in [-0.2, 0) is 9.53 Å². The van der Waals surface area contributed by atoms with Gasteiger partial charge in [0.25, 0.3) is 0 Å². The molecular weight excluding hydrogens is 220 g/mol. The highest BCUT2D eigenvalue weighted by Gasteiger charge is 2.31. The van der Waals surface area contributed by atoms with Crippen molar-refractivity contribution in [3.05, 3.63) is 0 Å². The van der Waals surface area contributed by atoms with Crippen molar-refractivity contribution in [3.63, 3.8) is 0 Å². The predicted octanol–water partition coefficient (Wildman–Crippen LogP) is 2.65. The van der Waals surface area contributed by atoms with E-state index >= 15 is 0 Å². The topological polar surface area (TPSA) is 26.3 Å². The molecular formula is C9H15BrO2. The highest BCUT2D eigenvalue weighted by Crippen LogP contribution is 2.24. The minimum atomic E-state index is -0.0866. The summed E-state index contributed by atoms with van der Waals surface area (Å²) in [6.07, 6.45) is 5.69. The fourth-order valence-electron chi connectivity index (χ4n) is 1.41. The number of cyclic esters (lactones) is 1. The molecule has 1 fully saturated rings. The van der Waals surface area contributed by atoms with Crippen LogP contribution >= 0.6 is 15.9 Å². The lowest BCUT2D eigenvalue weighted by molar-refractivity contribution is -0.141. The number of alkyl halides is 1. The molecule has 2 atom stereocenters. The molecule has 0 N–H and O–H groups in total. The van der Waals surface area contributed by atoms with E-state index in [-0.39, 0.29) is 16.9 Å². The lowest BCUT2D eigenvalue weighted by Crippen LogP contribution is -2.06. The first-order valence-corrected chi connectivity index (χ1v) is 5.50. The third-order valence-corrected chi connectivity index (χ3v) is 2.89. The highest BCUT2D eigenvalue weighted by molar-refractivity contribution is 9.10. The number of hydrogen-bond donors (Lipinski definition) is 0. The van der Waals surface area contributed by atoms with Gasteiger partial charge in [0.05, 0.1) is 0 Å². The van der Waals surface area contributed by atoms with Crippen molar-refractivity contribution < 1.29 is 9.53 Å². The Morgan fingerprint density at radius 3 is 2.83 bits per heavy atom. The van der Waals surface area contributed by atoms with E-state index in [1.165, 1.54) is 19.3 Å². The van der Waals surface area contributed by atoms with Crippen LogP contribution in [0.3, 0.4) is 0 Å². The fraction of sp³-hybridized carbons (Fsp3) is 0.889. The molecule has 2 unspecified atom stereocenters. The molecule has 1 heterocycles. The van der Waals surface area contributed by atoms with E-state index in [2.05, 4.69) is 22.9 Å². The molecule has 0 bridgehead atoms. The van der Waals surface area contributed by atoms with E-state index < -0.39 is 0 Å². The monoisotopic (exact) mass is 234 g/mol. The van der Waals surface area contributed by atoms with E-state index in [0.717, 1.165) is 12.8 Å². The van der Waals surface area contributed by atoms with Gasteiger partial charge in [0.15, 0.2) is 0 Å². The van der Waals surface area contributed by atoms with Gasteiger partial charge in [-0.25, -0.2) is 0 Å². The van der Waals surface area contributed by atoms with E-state index in [4.69, 9.17) is 4.74 Å². The second-order valence-corrected chi connectivity index (χ2v) is 4.36. The average molecular weight is 235 g/mol. The lowest BCUT2D eigenvalue weighted by atomic mass is 10.1. The van der Waals surface area contributed by atoms with Crippen LogP contribution in [0.25, 0.3) is 0 Å². The van der Waals surface area contributed by atoms with E-state index in [0.29, 0.717) is 0 Å².